The van der Waals surface area contributed by atoms with Gasteiger partial charge in [0.1, 0.15) is 11.6 Å². The summed E-state index contributed by atoms with van der Waals surface area (Å²) in [5.74, 6) is 1.84. The molecule has 6 aromatic carbocycles. The van der Waals surface area contributed by atoms with Crippen molar-refractivity contribution >= 4 is 40.9 Å². The molecule has 1 aliphatic rings. The van der Waals surface area contributed by atoms with Gasteiger partial charge >= 0.3 is 0 Å². The van der Waals surface area contributed by atoms with Crippen LogP contribution in [0.1, 0.15) is 0 Å². The zero-order valence-electron chi connectivity index (χ0n) is 26.0. The second kappa shape index (κ2) is 12.0. The van der Waals surface area contributed by atoms with Gasteiger partial charge in [0.2, 0.25) is 0 Å². The second-order valence-electron chi connectivity index (χ2n) is 11.7. The summed E-state index contributed by atoms with van der Waals surface area (Å²) in [6.07, 6.45) is 7.84. The summed E-state index contributed by atoms with van der Waals surface area (Å²) in [5, 5.41) is 3.88. The average molecular weight is 636 g/mol. The van der Waals surface area contributed by atoms with Gasteiger partial charge in [-0.2, -0.15) is 0 Å². The van der Waals surface area contributed by atoms with Gasteiger partial charge < -0.3 is 4.90 Å². The van der Waals surface area contributed by atoms with E-state index in [-0.39, 0.29) is 0 Å². The molecule has 0 spiro atoms. The van der Waals surface area contributed by atoms with Gasteiger partial charge in [-0.25, -0.2) is 9.97 Å². The fourth-order valence-corrected chi connectivity index (χ4v) is 9.31. The van der Waals surface area contributed by atoms with E-state index in [0.29, 0.717) is 0 Å². The summed E-state index contributed by atoms with van der Waals surface area (Å²) in [4.78, 5) is 12.1. The fourth-order valence-electron chi connectivity index (χ4n) is 6.68. The van der Waals surface area contributed by atoms with Crippen molar-refractivity contribution in [3.05, 3.63) is 183 Å². The van der Waals surface area contributed by atoms with E-state index < -0.39 is 7.92 Å². The quantitative estimate of drug-likeness (QED) is 0.171. The zero-order valence-corrected chi connectivity index (χ0v) is 26.9. The summed E-state index contributed by atoms with van der Waals surface area (Å²) in [7, 11) is -0.943. The number of aromatic nitrogens is 4. The summed E-state index contributed by atoms with van der Waals surface area (Å²) in [5.41, 5.74) is 7.87. The van der Waals surface area contributed by atoms with Crippen molar-refractivity contribution in [2.45, 2.75) is 0 Å². The van der Waals surface area contributed by atoms with Gasteiger partial charge in [0.15, 0.2) is 0 Å². The second-order valence-corrected chi connectivity index (χ2v) is 13.8. The molecule has 1 unspecified atom stereocenters. The molecule has 0 fully saturated rings. The predicted octanol–water partition coefficient (Wildman–Crippen LogP) is 8.93. The molecule has 0 saturated carbocycles. The molecule has 6 heteroatoms. The van der Waals surface area contributed by atoms with Gasteiger partial charge in [-0.15, -0.1) is 0 Å². The summed E-state index contributed by atoms with van der Waals surface area (Å²) >= 11 is 0. The van der Waals surface area contributed by atoms with Crippen LogP contribution in [0.4, 0.5) is 17.1 Å². The molecule has 8 aromatic rings. The van der Waals surface area contributed by atoms with Gasteiger partial charge in [-0.05, 0) is 80.0 Å². The van der Waals surface area contributed by atoms with Crippen LogP contribution < -0.4 is 20.8 Å². The smallest absolute Gasteiger partial charge is 0.144 e. The maximum absolute atomic E-state index is 4.86. The molecule has 2 aromatic heterocycles. The Labute approximate surface area is 280 Å². The van der Waals surface area contributed by atoms with Gasteiger partial charge in [0.25, 0.3) is 0 Å². The monoisotopic (exact) mass is 635 g/mol. The Morgan fingerprint density at radius 3 is 1.60 bits per heavy atom. The summed E-state index contributed by atoms with van der Waals surface area (Å²) in [6.45, 7) is 0. The molecule has 48 heavy (non-hydrogen) atoms. The summed E-state index contributed by atoms with van der Waals surface area (Å²) in [6, 6.07) is 56.2. The first kappa shape index (κ1) is 28.2. The highest BCUT2D eigenvalue weighted by Gasteiger charge is 2.33. The average Bonchev–Trinajstić information content (AvgIpc) is 3.86. The minimum absolute atomic E-state index is 0.919. The van der Waals surface area contributed by atoms with Crippen LogP contribution in [0.2, 0.25) is 0 Å². The van der Waals surface area contributed by atoms with Crippen molar-refractivity contribution in [3.8, 4) is 34.2 Å². The number of nitrogens with zero attached hydrogens (tertiary/aromatic N) is 5. The van der Waals surface area contributed by atoms with E-state index in [1.165, 1.54) is 27.3 Å². The lowest BCUT2D eigenvalue weighted by atomic mass is 10.1. The lowest BCUT2D eigenvalue weighted by molar-refractivity contribution is 1.07. The van der Waals surface area contributed by atoms with Gasteiger partial charge in [0.05, 0.1) is 11.4 Å². The maximum Gasteiger partial charge on any atom is 0.144 e. The van der Waals surface area contributed by atoms with Crippen LogP contribution in [-0.2, 0) is 0 Å². The van der Waals surface area contributed by atoms with Crippen LogP contribution in [-0.4, -0.2) is 19.1 Å². The van der Waals surface area contributed by atoms with Crippen molar-refractivity contribution in [1.82, 2.24) is 19.1 Å². The molecule has 9 rings (SSSR count). The molecule has 0 N–H and O–H groups in total. The van der Waals surface area contributed by atoms with Crippen LogP contribution in [0.25, 0.3) is 34.2 Å². The first-order valence-electron chi connectivity index (χ1n) is 16.0. The maximum atomic E-state index is 4.86. The molecule has 0 saturated heterocycles. The zero-order chi connectivity index (χ0) is 31.9. The highest BCUT2D eigenvalue weighted by Crippen LogP contribution is 2.49. The predicted molar refractivity (Wildman–Crippen MR) is 199 cm³/mol. The standard InChI is InChI=1S/C42H30N5P/c1-4-14-33(15-5-1)45-27-25-43-41(45)31-13-12-20-36(29-31)48-39-22-11-10-21-37(39)47(35-18-8-3-9-19-35)38-24-23-32(30-40(38)48)42-44-26-28-46(42)34-16-6-2-7-17-34/h1-30H. The highest BCUT2D eigenvalue weighted by atomic mass is 31.1. The lowest BCUT2D eigenvalue weighted by Gasteiger charge is -2.38. The number of imidazole rings is 2. The van der Waals surface area contributed by atoms with Crippen LogP contribution in [0, 0.1) is 0 Å². The Morgan fingerprint density at radius 1 is 0.417 bits per heavy atom. The van der Waals surface area contributed by atoms with E-state index in [2.05, 4.69) is 160 Å². The fraction of sp³-hybridized carbons (Fsp3) is 0. The third kappa shape index (κ3) is 4.84. The number of benzene rings is 6. The molecule has 0 radical (unpaired) electrons. The Morgan fingerprint density at radius 2 is 0.958 bits per heavy atom. The molecule has 228 valence electrons. The Bertz CT molecular complexity index is 2360. The van der Waals surface area contributed by atoms with Gasteiger partial charge in [0, 0.05) is 63.6 Å². The third-order valence-corrected chi connectivity index (χ3v) is 11.3. The van der Waals surface area contributed by atoms with Crippen molar-refractivity contribution in [2.24, 2.45) is 0 Å². The number of hydrogen-bond donors (Lipinski definition) is 0. The number of hydrogen-bond acceptors (Lipinski definition) is 3. The molecule has 5 nitrogen and oxygen atoms in total. The minimum Gasteiger partial charge on any atom is -0.309 e. The first-order valence-corrected chi connectivity index (χ1v) is 17.3. The number of rotatable bonds is 6. The van der Waals surface area contributed by atoms with E-state index in [1.807, 2.05) is 36.9 Å². The molecule has 0 amide bonds. The molecule has 0 aliphatic carbocycles. The van der Waals surface area contributed by atoms with Crippen molar-refractivity contribution < 1.29 is 0 Å². The first-order chi connectivity index (χ1) is 23.8. The Balaban J connectivity index is 1.24. The molecular weight excluding hydrogens is 605 g/mol. The van der Waals surface area contributed by atoms with Crippen LogP contribution in [0.3, 0.4) is 0 Å². The lowest BCUT2D eigenvalue weighted by Crippen LogP contribution is -2.34. The SMILES string of the molecule is c1ccc(N2c3ccccc3P(c3cccc(-c4nccn4-c4ccccc4)c3)c3cc(-c4nccn4-c4ccccc4)ccc32)cc1. The van der Waals surface area contributed by atoms with Gasteiger partial charge in [-0.3, -0.25) is 9.13 Å². The molecule has 3 heterocycles. The van der Waals surface area contributed by atoms with E-state index in [4.69, 9.17) is 9.97 Å². The van der Waals surface area contributed by atoms with Crippen molar-refractivity contribution in [1.29, 1.82) is 0 Å². The summed E-state index contributed by atoms with van der Waals surface area (Å²) < 4.78 is 4.33. The van der Waals surface area contributed by atoms with E-state index in [1.54, 1.807) is 0 Å². The van der Waals surface area contributed by atoms with E-state index in [9.17, 15) is 0 Å². The number of fused-ring (bicyclic) bond motifs is 2. The topological polar surface area (TPSA) is 38.9 Å². The van der Waals surface area contributed by atoms with E-state index >= 15 is 0 Å². The van der Waals surface area contributed by atoms with Crippen LogP contribution in [0.15, 0.2) is 183 Å². The third-order valence-electron chi connectivity index (χ3n) is 8.81. The largest absolute Gasteiger partial charge is 0.309 e. The van der Waals surface area contributed by atoms with Crippen molar-refractivity contribution in [2.75, 3.05) is 4.90 Å². The normalized spacial score (nSPS) is 13.6. The van der Waals surface area contributed by atoms with Crippen LogP contribution >= 0.6 is 7.92 Å². The Hall–Kier alpha value is -6.03. The van der Waals surface area contributed by atoms with E-state index in [0.717, 1.165) is 39.8 Å². The number of para-hydroxylation sites is 4. The molecule has 1 atom stereocenters. The number of anilines is 3. The Kier molecular flexibility index (Phi) is 7.03. The molecule has 1 aliphatic heterocycles. The van der Waals surface area contributed by atoms with Crippen molar-refractivity contribution in [3.63, 3.8) is 0 Å². The molecular formula is C42H30N5P. The van der Waals surface area contributed by atoms with Gasteiger partial charge in [-0.1, -0.05) is 91.0 Å². The minimum atomic E-state index is -0.943. The highest BCUT2D eigenvalue weighted by molar-refractivity contribution is 7.80. The molecule has 0 bridgehead atoms. The van der Waals surface area contributed by atoms with Crippen LogP contribution in [0.5, 0.6) is 0 Å².